The summed E-state index contributed by atoms with van der Waals surface area (Å²) in [7, 11) is 0. The van der Waals surface area contributed by atoms with E-state index in [4.69, 9.17) is 0 Å². The van der Waals surface area contributed by atoms with Crippen molar-refractivity contribution < 1.29 is 5.11 Å². The molecular weight excluding hydrogens is 372 g/mol. The quantitative estimate of drug-likeness (QED) is 0.349. The van der Waals surface area contributed by atoms with Crippen molar-refractivity contribution >= 4 is 11.6 Å². The number of rotatable bonds is 9. The minimum atomic E-state index is -0.177. The first kappa shape index (κ1) is 24.1. The molecule has 0 saturated heterocycles. The molecule has 0 unspecified atom stereocenters. The lowest BCUT2D eigenvalue weighted by Crippen LogP contribution is -2.17. The Hall–Kier alpha value is -2.17. The zero-order chi connectivity index (χ0) is 22.4. The highest BCUT2D eigenvalue weighted by Crippen LogP contribution is 2.41. The van der Waals surface area contributed by atoms with E-state index < -0.39 is 0 Å². The number of aromatic hydroxyl groups is 1. The van der Waals surface area contributed by atoms with Gasteiger partial charge >= 0.3 is 0 Å². The van der Waals surface area contributed by atoms with Gasteiger partial charge in [0, 0.05) is 23.2 Å². The van der Waals surface area contributed by atoms with Gasteiger partial charge < -0.3 is 10.4 Å². The third-order valence-electron chi connectivity index (χ3n) is 5.36. The summed E-state index contributed by atoms with van der Waals surface area (Å²) in [6.45, 7) is 14.9. The molecule has 0 aliphatic rings. The maximum atomic E-state index is 10.9. The number of aryl methyl sites for hydroxylation is 1. The molecular formula is C25H40N4O. The molecule has 2 aromatic rings. The molecule has 0 atom stereocenters. The van der Waals surface area contributed by atoms with Crippen molar-refractivity contribution in [2.45, 2.75) is 104 Å². The fourth-order valence-electron chi connectivity index (χ4n) is 3.55. The van der Waals surface area contributed by atoms with E-state index >= 15 is 0 Å². The highest BCUT2D eigenvalue weighted by molar-refractivity contribution is 5.62. The second-order valence-electron chi connectivity index (χ2n) is 10.3. The predicted molar refractivity (Wildman–Crippen MR) is 126 cm³/mol. The summed E-state index contributed by atoms with van der Waals surface area (Å²) in [4.78, 5) is 13.3. The predicted octanol–water partition coefficient (Wildman–Crippen LogP) is 6.82. The van der Waals surface area contributed by atoms with Crippen LogP contribution in [0.4, 0.5) is 11.6 Å². The number of aromatic nitrogens is 3. The minimum absolute atomic E-state index is 0.177. The van der Waals surface area contributed by atoms with Crippen LogP contribution in [-0.4, -0.2) is 20.1 Å². The summed E-state index contributed by atoms with van der Waals surface area (Å²) in [5.74, 6) is 1.75. The van der Waals surface area contributed by atoms with Gasteiger partial charge in [-0.2, -0.15) is 4.98 Å². The van der Waals surface area contributed by atoms with Crippen LogP contribution in [0.2, 0.25) is 0 Å². The summed E-state index contributed by atoms with van der Waals surface area (Å²) >= 11 is 0. The third-order valence-corrected chi connectivity index (χ3v) is 5.36. The van der Waals surface area contributed by atoms with Crippen LogP contribution >= 0.6 is 0 Å². The van der Waals surface area contributed by atoms with Crippen molar-refractivity contribution in [3.8, 4) is 5.75 Å². The van der Waals surface area contributed by atoms with E-state index in [1.807, 2.05) is 12.1 Å². The summed E-state index contributed by atoms with van der Waals surface area (Å²) in [5, 5.41) is 14.2. The van der Waals surface area contributed by atoms with Crippen LogP contribution in [0.3, 0.4) is 0 Å². The lowest BCUT2D eigenvalue weighted by Gasteiger charge is -2.28. The smallest absolute Gasteiger partial charge is 0.230 e. The summed E-state index contributed by atoms with van der Waals surface area (Å²) in [5.41, 5.74) is 2.37. The van der Waals surface area contributed by atoms with Crippen molar-refractivity contribution in [2.24, 2.45) is 0 Å². The van der Waals surface area contributed by atoms with E-state index in [1.165, 1.54) is 32.1 Å². The van der Waals surface area contributed by atoms with E-state index in [1.54, 1.807) is 6.33 Å². The Labute approximate surface area is 182 Å². The van der Waals surface area contributed by atoms with Crippen LogP contribution in [0.5, 0.6) is 5.75 Å². The van der Waals surface area contributed by atoms with Gasteiger partial charge in [0.25, 0.3) is 0 Å². The SMILES string of the molecule is CCCCCCCCc1ncnc(Nc2cc(C(C)(C)C)c(O)c(C(C)(C)C)c2)n1. The maximum Gasteiger partial charge on any atom is 0.230 e. The zero-order valence-electron chi connectivity index (χ0n) is 20.0. The van der Waals surface area contributed by atoms with Gasteiger partial charge in [-0.3, -0.25) is 0 Å². The molecule has 5 heteroatoms. The fraction of sp³-hybridized carbons (Fsp3) is 0.640. The van der Waals surface area contributed by atoms with Crippen molar-refractivity contribution in [1.82, 2.24) is 15.0 Å². The molecule has 1 aromatic carbocycles. The average Bonchev–Trinajstić information content (AvgIpc) is 2.64. The summed E-state index contributed by atoms with van der Waals surface area (Å²) < 4.78 is 0. The number of phenols is 1. The molecule has 0 aliphatic heterocycles. The largest absolute Gasteiger partial charge is 0.507 e. The van der Waals surface area contributed by atoms with Gasteiger partial charge in [-0.1, -0.05) is 80.6 Å². The van der Waals surface area contributed by atoms with Crippen LogP contribution in [0.15, 0.2) is 18.5 Å². The lowest BCUT2D eigenvalue weighted by molar-refractivity contribution is 0.423. The normalized spacial score (nSPS) is 12.2. The van der Waals surface area contributed by atoms with Crippen LogP contribution < -0.4 is 5.32 Å². The first-order chi connectivity index (χ1) is 14.0. The van der Waals surface area contributed by atoms with E-state index in [0.717, 1.165) is 35.5 Å². The number of nitrogens with zero attached hydrogens (tertiary/aromatic N) is 3. The standard InChI is InChI=1S/C25H40N4O/c1-8-9-10-11-12-13-14-21-26-17-27-23(29-21)28-18-15-19(24(2,3)4)22(30)20(16-18)25(5,6)7/h15-17,30H,8-14H2,1-7H3,(H,26,27,28,29). The monoisotopic (exact) mass is 412 g/mol. The van der Waals surface area contributed by atoms with Gasteiger partial charge in [0.05, 0.1) is 0 Å². The molecule has 2 N–H and O–H groups in total. The number of nitrogens with one attached hydrogen (secondary N) is 1. The Morgan fingerprint density at radius 3 is 1.97 bits per heavy atom. The van der Waals surface area contributed by atoms with Gasteiger partial charge in [0.1, 0.15) is 17.9 Å². The number of phenolic OH excluding ortho intramolecular Hbond substituents is 1. The molecule has 0 fully saturated rings. The molecule has 0 radical (unpaired) electrons. The Balaban J connectivity index is 2.18. The second-order valence-corrected chi connectivity index (χ2v) is 10.3. The van der Waals surface area contributed by atoms with E-state index in [9.17, 15) is 5.11 Å². The first-order valence-corrected chi connectivity index (χ1v) is 11.3. The third kappa shape index (κ3) is 6.96. The Bertz CT molecular complexity index is 784. The maximum absolute atomic E-state index is 10.9. The highest BCUT2D eigenvalue weighted by Gasteiger charge is 2.26. The van der Waals surface area contributed by atoms with Gasteiger partial charge in [-0.15, -0.1) is 0 Å². The first-order valence-electron chi connectivity index (χ1n) is 11.3. The Morgan fingerprint density at radius 1 is 0.833 bits per heavy atom. The number of benzene rings is 1. The topological polar surface area (TPSA) is 70.9 Å². The van der Waals surface area contributed by atoms with Gasteiger partial charge in [0.15, 0.2) is 0 Å². The molecule has 0 bridgehead atoms. The van der Waals surface area contributed by atoms with Gasteiger partial charge in [-0.25, -0.2) is 9.97 Å². The zero-order valence-corrected chi connectivity index (χ0v) is 20.0. The average molecular weight is 413 g/mol. The van der Waals surface area contributed by atoms with Crippen LogP contribution in [0.1, 0.15) is 104 Å². The van der Waals surface area contributed by atoms with Gasteiger partial charge in [-0.05, 0) is 29.4 Å². The Kier molecular flexibility index (Phi) is 8.22. The summed E-state index contributed by atoms with van der Waals surface area (Å²) in [6, 6.07) is 4.00. The van der Waals surface area contributed by atoms with Crippen molar-refractivity contribution in [3.05, 3.63) is 35.4 Å². The van der Waals surface area contributed by atoms with E-state index in [0.29, 0.717) is 11.7 Å². The van der Waals surface area contributed by atoms with Crippen molar-refractivity contribution in [2.75, 3.05) is 5.32 Å². The molecule has 30 heavy (non-hydrogen) atoms. The summed E-state index contributed by atoms with van der Waals surface area (Å²) in [6.07, 6.45) is 9.96. The lowest BCUT2D eigenvalue weighted by atomic mass is 9.79. The van der Waals surface area contributed by atoms with Crippen molar-refractivity contribution in [3.63, 3.8) is 0 Å². The minimum Gasteiger partial charge on any atom is -0.507 e. The molecule has 0 aliphatic carbocycles. The molecule has 166 valence electrons. The Morgan fingerprint density at radius 2 is 1.40 bits per heavy atom. The van der Waals surface area contributed by atoms with Gasteiger partial charge in [0.2, 0.25) is 5.95 Å². The molecule has 0 saturated carbocycles. The van der Waals surface area contributed by atoms with Crippen LogP contribution in [0, 0.1) is 0 Å². The van der Waals surface area contributed by atoms with E-state index in [2.05, 4.69) is 68.7 Å². The molecule has 1 aromatic heterocycles. The number of unbranched alkanes of at least 4 members (excludes halogenated alkanes) is 5. The molecule has 5 nitrogen and oxygen atoms in total. The van der Waals surface area contributed by atoms with Crippen molar-refractivity contribution in [1.29, 1.82) is 0 Å². The second kappa shape index (κ2) is 10.2. The van der Waals surface area contributed by atoms with E-state index in [-0.39, 0.29) is 10.8 Å². The molecule has 0 amide bonds. The highest BCUT2D eigenvalue weighted by atomic mass is 16.3. The number of hydrogen-bond acceptors (Lipinski definition) is 5. The fourth-order valence-corrected chi connectivity index (χ4v) is 3.55. The molecule has 2 rings (SSSR count). The van der Waals surface area contributed by atoms with Crippen LogP contribution in [0.25, 0.3) is 0 Å². The number of anilines is 2. The number of hydrogen-bond donors (Lipinski definition) is 2. The molecule has 0 spiro atoms. The molecule has 1 heterocycles. The van der Waals surface area contributed by atoms with Crippen LogP contribution in [-0.2, 0) is 17.3 Å².